The van der Waals surface area contributed by atoms with E-state index in [1.807, 2.05) is 37.3 Å². The van der Waals surface area contributed by atoms with Crippen molar-refractivity contribution in [3.05, 3.63) is 35.9 Å². The van der Waals surface area contributed by atoms with E-state index in [4.69, 9.17) is 22.8 Å². The number of hydrazone groups is 1. The zero-order valence-electron chi connectivity index (χ0n) is 8.93. The first-order valence-electron chi connectivity index (χ1n) is 4.80. The Bertz CT molecular complexity index is 366. The Hall–Kier alpha value is -1.66. The lowest BCUT2D eigenvalue weighted by Gasteiger charge is -2.08. The molecule has 1 aromatic carbocycles. The minimum Gasteiger partial charge on any atom is -0.477 e. The summed E-state index contributed by atoms with van der Waals surface area (Å²) in [5, 5.41) is 4.24. The molecule has 0 aliphatic carbocycles. The van der Waals surface area contributed by atoms with Crippen LogP contribution < -0.4 is 16.7 Å². The summed E-state index contributed by atoms with van der Waals surface area (Å²) >= 11 is 4.80. The molecular weight excluding hydrogens is 224 g/mol. The van der Waals surface area contributed by atoms with Gasteiger partial charge >= 0.3 is 0 Å². The fourth-order valence-electron chi connectivity index (χ4n) is 1.03. The molecule has 0 saturated heterocycles. The van der Waals surface area contributed by atoms with Gasteiger partial charge in [0.2, 0.25) is 11.0 Å². The first kappa shape index (κ1) is 12.4. The van der Waals surface area contributed by atoms with Crippen molar-refractivity contribution in [2.45, 2.75) is 6.92 Å². The molecule has 1 aromatic rings. The molecule has 5 nitrogen and oxygen atoms in total. The fourth-order valence-corrected chi connectivity index (χ4v) is 1.08. The molecule has 0 fully saturated rings. The van der Waals surface area contributed by atoms with Crippen molar-refractivity contribution < 1.29 is 4.74 Å². The molecule has 0 amide bonds. The third kappa shape index (κ3) is 3.84. The Labute approximate surface area is 99.6 Å². The number of hydrogen-bond acceptors (Lipinski definition) is 4. The Morgan fingerprint density at radius 2 is 2.12 bits per heavy atom. The van der Waals surface area contributed by atoms with Gasteiger partial charge in [0.1, 0.15) is 0 Å². The number of nitrogens with two attached hydrogens (primary N) is 1. The highest BCUT2D eigenvalue weighted by molar-refractivity contribution is 7.80. The molecule has 0 heterocycles. The summed E-state index contributed by atoms with van der Waals surface area (Å²) in [5.41, 5.74) is 5.72. The van der Waals surface area contributed by atoms with Gasteiger partial charge in [-0.1, -0.05) is 18.2 Å². The van der Waals surface area contributed by atoms with Crippen molar-refractivity contribution in [1.82, 2.24) is 10.9 Å². The molecule has 0 atom stereocenters. The van der Waals surface area contributed by atoms with Crippen LogP contribution in [0.25, 0.3) is 0 Å². The molecule has 6 heteroatoms. The monoisotopic (exact) mass is 238 g/mol. The number of nitrogens with one attached hydrogen (secondary N) is 2. The van der Waals surface area contributed by atoms with Crippen LogP contribution in [0.3, 0.4) is 0 Å². The van der Waals surface area contributed by atoms with Crippen molar-refractivity contribution in [3.8, 4) is 0 Å². The van der Waals surface area contributed by atoms with Gasteiger partial charge < -0.3 is 4.74 Å². The zero-order valence-corrected chi connectivity index (χ0v) is 9.75. The van der Waals surface area contributed by atoms with Gasteiger partial charge in [-0.25, -0.2) is 11.3 Å². The van der Waals surface area contributed by atoms with Gasteiger partial charge in [-0.15, -0.1) is 5.10 Å². The first-order valence-corrected chi connectivity index (χ1v) is 5.21. The van der Waals surface area contributed by atoms with Crippen molar-refractivity contribution in [2.75, 3.05) is 6.61 Å². The summed E-state index contributed by atoms with van der Waals surface area (Å²) in [6, 6.07) is 9.53. The molecular formula is C10H14N4OS. The van der Waals surface area contributed by atoms with E-state index >= 15 is 0 Å². The van der Waals surface area contributed by atoms with Gasteiger partial charge in [0, 0.05) is 5.56 Å². The van der Waals surface area contributed by atoms with Crippen molar-refractivity contribution in [2.24, 2.45) is 10.9 Å². The maximum Gasteiger partial charge on any atom is 0.238 e. The van der Waals surface area contributed by atoms with Gasteiger partial charge in [0.25, 0.3) is 0 Å². The smallest absolute Gasteiger partial charge is 0.238 e. The molecule has 0 spiro atoms. The van der Waals surface area contributed by atoms with E-state index < -0.39 is 0 Å². The predicted molar refractivity (Wildman–Crippen MR) is 67.7 cm³/mol. The Morgan fingerprint density at radius 3 is 2.69 bits per heavy atom. The summed E-state index contributed by atoms with van der Waals surface area (Å²) in [4.78, 5) is 0. The number of hydrazine groups is 1. The molecule has 16 heavy (non-hydrogen) atoms. The average molecular weight is 238 g/mol. The highest BCUT2D eigenvalue weighted by Crippen LogP contribution is 2.01. The molecule has 0 unspecified atom stereocenters. The lowest BCUT2D eigenvalue weighted by molar-refractivity contribution is 0.326. The van der Waals surface area contributed by atoms with E-state index in [0.29, 0.717) is 12.5 Å². The molecule has 0 radical (unpaired) electrons. The second-order valence-corrected chi connectivity index (χ2v) is 3.21. The molecule has 86 valence electrons. The van der Waals surface area contributed by atoms with Gasteiger partial charge in [-0.3, -0.25) is 5.43 Å². The second-order valence-electron chi connectivity index (χ2n) is 2.80. The third-order valence-corrected chi connectivity index (χ3v) is 1.90. The van der Waals surface area contributed by atoms with Crippen LogP contribution in [-0.4, -0.2) is 17.6 Å². The van der Waals surface area contributed by atoms with Crippen molar-refractivity contribution >= 4 is 23.2 Å². The van der Waals surface area contributed by atoms with Crippen molar-refractivity contribution in [1.29, 1.82) is 0 Å². The predicted octanol–water partition coefficient (Wildman–Crippen LogP) is 0.722. The van der Waals surface area contributed by atoms with Crippen LogP contribution in [0.1, 0.15) is 12.5 Å². The topological polar surface area (TPSA) is 71.7 Å². The largest absolute Gasteiger partial charge is 0.477 e. The SMILES string of the molecule is CCO/C(=N\NC(=S)NN)c1ccccc1. The number of rotatable bonds is 3. The highest BCUT2D eigenvalue weighted by atomic mass is 32.1. The quantitative estimate of drug-likeness (QED) is 0.238. The maximum atomic E-state index is 5.38. The maximum absolute atomic E-state index is 5.38. The molecule has 0 aliphatic heterocycles. The number of hydrogen-bond donors (Lipinski definition) is 3. The van der Waals surface area contributed by atoms with Gasteiger partial charge in [-0.2, -0.15) is 0 Å². The van der Waals surface area contributed by atoms with Crippen LogP contribution in [0.15, 0.2) is 35.4 Å². The number of benzene rings is 1. The van der Waals surface area contributed by atoms with Gasteiger partial charge in [-0.05, 0) is 31.3 Å². The number of ether oxygens (including phenoxy) is 1. The summed E-state index contributed by atoms with van der Waals surface area (Å²) in [6.45, 7) is 2.41. The fraction of sp³-hybridized carbons (Fsp3) is 0.200. The highest BCUT2D eigenvalue weighted by Gasteiger charge is 2.03. The Morgan fingerprint density at radius 1 is 1.44 bits per heavy atom. The normalized spacial score (nSPS) is 10.8. The van der Waals surface area contributed by atoms with Crippen LogP contribution in [0.5, 0.6) is 0 Å². The molecule has 0 saturated carbocycles. The average Bonchev–Trinajstić information content (AvgIpc) is 2.35. The number of thiocarbonyl (C=S) groups is 1. The first-order chi connectivity index (χ1) is 7.77. The van der Waals surface area contributed by atoms with E-state index in [2.05, 4.69) is 16.0 Å². The van der Waals surface area contributed by atoms with E-state index in [1.165, 1.54) is 0 Å². The molecule has 0 bridgehead atoms. The minimum atomic E-state index is 0.230. The third-order valence-electron chi connectivity index (χ3n) is 1.69. The molecule has 1 rings (SSSR count). The molecule has 0 aliphatic rings. The lowest BCUT2D eigenvalue weighted by atomic mass is 10.2. The Kier molecular flexibility index (Phi) is 5.24. The van der Waals surface area contributed by atoms with Gasteiger partial charge in [0.05, 0.1) is 6.61 Å². The summed E-state index contributed by atoms with van der Waals surface area (Å²) in [7, 11) is 0. The summed E-state index contributed by atoms with van der Waals surface area (Å²) in [6.07, 6.45) is 0. The van der Waals surface area contributed by atoms with E-state index in [1.54, 1.807) is 0 Å². The molecule has 0 aromatic heterocycles. The van der Waals surface area contributed by atoms with Crippen LogP contribution in [0.4, 0.5) is 0 Å². The summed E-state index contributed by atoms with van der Waals surface area (Å²) in [5.74, 6) is 5.58. The van der Waals surface area contributed by atoms with Crippen LogP contribution >= 0.6 is 12.2 Å². The summed E-state index contributed by atoms with van der Waals surface area (Å²) < 4.78 is 5.38. The molecule has 4 N–H and O–H groups in total. The van der Waals surface area contributed by atoms with Crippen LogP contribution in [-0.2, 0) is 4.74 Å². The van der Waals surface area contributed by atoms with Crippen molar-refractivity contribution in [3.63, 3.8) is 0 Å². The van der Waals surface area contributed by atoms with E-state index in [9.17, 15) is 0 Å². The van der Waals surface area contributed by atoms with Crippen LogP contribution in [0.2, 0.25) is 0 Å². The minimum absolute atomic E-state index is 0.230. The number of nitrogens with zero attached hydrogens (tertiary/aromatic N) is 1. The van der Waals surface area contributed by atoms with Crippen LogP contribution in [0, 0.1) is 0 Å². The standard InChI is InChI=1S/C10H14N4OS/c1-2-15-9(13-14-10(16)12-11)8-6-4-3-5-7-8/h3-7H,2,11H2,1H3,(H2,12,14,16)/b13-9-. The Balaban J connectivity index is 2.78. The lowest BCUT2D eigenvalue weighted by Crippen LogP contribution is -2.37. The van der Waals surface area contributed by atoms with E-state index in [0.717, 1.165) is 5.56 Å². The van der Waals surface area contributed by atoms with E-state index in [-0.39, 0.29) is 5.11 Å². The zero-order chi connectivity index (χ0) is 11.8. The second kappa shape index (κ2) is 6.76. The van der Waals surface area contributed by atoms with Gasteiger partial charge in [0.15, 0.2) is 0 Å².